The topological polar surface area (TPSA) is 56.6 Å². The van der Waals surface area contributed by atoms with Crippen molar-refractivity contribution in [2.45, 2.75) is 25.1 Å². The molecule has 32 heavy (non-hydrogen) atoms. The molecule has 9 heteroatoms. The number of hydrogen-bond donors (Lipinski definition) is 0. The van der Waals surface area contributed by atoms with Crippen LogP contribution in [-0.2, 0) is 12.6 Å². The summed E-state index contributed by atoms with van der Waals surface area (Å²) < 4.78 is 52.0. The molecule has 0 radical (unpaired) electrons. The molecule has 2 aromatic carbocycles. The fourth-order valence-electron chi connectivity index (χ4n) is 4.59. The van der Waals surface area contributed by atoms with Crippen molar-refractivity contribution in [3.8, 4) is 22.8 Å². The molecule has 3 aromatic rings. The largest absolute Gasteiger partial charge is 0.481 e. The summed E-state index contributed by atoms with van der Waals surface area (Å²) in [6, 6.07) is 10.4. The van der Waals surface area contributed by atoms with E-state index in [4.69, 9.17) is 4.74 Å². The van der Waals surface area contributed by atoms with E-state index in [2.05, 4.69) is 9.84 Å². The number of benzene rings is 2. The van der Waals surface area contributed by atoms with Gasteiger partial charge >= 0.3 is 6.61 Å². The molecule has 0 aliphatic carbocycles. The first-order valence-electron chi connectivity index (χ1n) is 10.2. The highest BCUT2D eigenvalue weighted by molar-refractivity contribution is 5.97. The Bertz CT molecular complexity index is 1190. The quantitative estimate of drug-likeness (QED) is 0.604. The fourth-order valence-corrected chi connectivity index (χ4v) is 4.59. The number of piperidine rings is 1. The first-order chi connectivity index (χ1) is 15.4. The number of likely N-dealkylation sites (tertiary alicyclic amines) is 1. The number of rotatable bonds is 3. The smallest absolute Gasteiger partial charge is 0.387 e. The molecule has 166 valence electrons. The van der Waals surface area contributed by atoms with Crippen LogP contribution in [0.4, 0.5) is 13.2 Å². The molecule has 1 fully saturated rings. The molecule has 6 nitrogen and oxygen atoms in total. The Morgan fingerprint density at radius 2 is 1.94 bits per heavy atom. The first kappa shape index (κ1) is 20.4. The van der Waals surface area contributed by atoms with Crippen molar-refractivity contribution in [3.63, 3.8) is 0 Å². The second kappa shape index (κ2) is 7.58. The zero-order chi connectivity index (χ0) is 22.5. The molecule has 0 bridgehead atoms. The summed E-state index contributed by atoms with van der Waals surface area (Å²) in [4.78, 5) is 14.7. The number of ether oxygens (including phenoxy) is 2. The van der Waals surface area contributed by atoms with E-state index in [1.807, 2.05) is 7.05 Å². The van der Waals surface area contributed by atoms with Gasteiger partial charge in [-0.3, -0.25) is 9.48 Å². The summed E-state index contributed by atoms with van der Waals surface area (Å²) in [6.07, 6.45) is 2.65. The molecule has 1 saturated heterocycles. The lowest BCUT2D eigenvalue weighted by Crippen LogP contribution is -2.49. The average molecular weight is 443 g/mol. The lowest BCUT2D eigenvalue weighted by atomic mass is 9.81. The minimum absolute atomic E-state index is 0.0859. The second-order valence-electron chi connectivity index (χ2n) is 7.93. The number of fused-ring (bicyclic) bond motifs is 4. The summed E-state index contributed by atoms with van der Waals surface area (Å²) in [5.41, 5.74) is 1.86. The Hall–Kier alpha value is -3.49. The predicted molar refractivity (Wildman–Crippen MR) is 109 cm³/mol. The predicted octanol–water partition coefficient (Wildman–Crippen LogP) is 4.35. The summed E-state index contributed by atoms with van der Waals surface area (Å²) in [6.45, 7) is -2.35. The molecular formula is C23H20F3N3O3. The number of hydrogen-bond acceptors (Lipinski definition) is 4. The van der Waals surface area contributed by atoms with E-state index in [-0.39, 0.29) is 17.2 Å². The Morgan fingerprint density at radius 1 is 1.19 bits per heavy atom. The fraction of sp³-hybridized carbons (Fsp3) is 0.304. The van der Waals surface area contributed by atoms with Crippen LogP contribution in [0.15, 0.2) is 48.7 Å². The van der Waals surface area contributed by atoms with Gasteiger partial charge in [0.25, 0.3) is 5.91 Å². The van der Waals surface area contributed by atoms with E-state index in [1.165, 1.54) is 30.3 Å². The van der Waals surface area contributed by atoms with E-state index in [0.717, 1.165) is 16.8 Å². The molecule has 0 saturated carbocycles. The number of carbonyl (C=O) groups excluding carboxylic acids is 1. The lowest BCUT2D eigenvalue weighted by Gasteiger charge is -2.44. The van der Waals surface area contributed by atoms with Crippen LogP contribution in [0.25, 0.3) is 11.3 Å². The maximum atomic E-state index is 13.9. The standard InChI is InChI=1S/C23H20F3N3O3/c1-28-20-15-7-6-14(24)12-19(15)32-23(17(20)13-27-28)8-10-29(11-9-23)21(30)16-4-2-3-5-18(16)31-22(25)26/h2-7,12-13,22H,8-11H2,1H3. The van der Waals surface area contributed by atoms with Crippen molar-refractivity contribution in [1.82, 2.24) is 14.7 Å². The van der Waals surface area contributed by atoms with Gasteiger partial charge in [0.05, 0.1) is 17.5 Å². The minimum atomic E-state index is -3.02. The van der Waals surface area contributed by atoms with Gasteiger partial charge in [0.1, 0.15) is 22.9 Å². The molecule has 1 amide bonds. The zero-order valence-electron chi connectivity index (χ0n) is 17.2. The highest BCUT2D eigenvalue weighted by atomic mass is 19.3. The SMILES string of the molecule is Cn1ncc2c1-c1ccc(F)cc1OC21CCN(C(=O)c2ccccc2OC(F)F)CC1. The molecule has 0 atom stereocenters. The number of nitrogens with zero attached hydrogens (tertiary/aromatic N) is 3. The minimum Gasteiger partial charge on any atom is -0.481 e. The van der Waals surface area contributed by atoms with Crippen molar-refractivity contribution in [2.75, 3.05) is 13.1 Å². The Balaban J connectivity index is 1.42. The molecule has 2 aliphatic rings. The number of halogens is 3. The van der Waals surface area contributed by atoms with Crippen LogP contribution in [0.1, 0.15) is 28.8 Å². The Labute approximate surface area is 182 Å². The highest BCUT2D eigenvalue weighted by Crippen LogP contribution is 2.49. The molecule has 2 aliphatic heterocycles. The van der Waals surface area contributed by atoms with Gasteiger partial charge in [0, 0.05) is 50.2 Å². The van der Waals surface area contributed by atoms with Gasteiger partial charge in [-0.05, 0) is 24.3 Å². The number of aromatic nitrogens is 2. The van der Waals surface area contributed by atoms with Crippen LogP contribution in [0.2, 0.25) is 0 Å². The van der Waals surface area contributed by atoms with Gasteiger partial charge in [-0.1, -0.05) is 12.1 Å². The van der Waals surface area contributed by atoms with Gasteiger partial charge < -0.3 is 14.4 Å². The molecule has 1 aromatic heterocycles. The molecular weight excluding hydrogens is 423 g/mol. The molecule has 0 unspecified atom stereocenters. The molecule has 1 spiro atoms. The third-order valence-corrected chi connectivity index (χ3v) is 6.13. The number of alkyl halides is 2. The van der Waals surface area contributed by atoms with E-state index < -0.39 is 18.0 Å². The van der Waals surface area contributed by atoms with E-state index >= 15 is 0 Å². The Kier molecular flexibility index (Phi) is 4.83. The van der Waals surface area contributed by atoms with Gasteiger partial charge in [0.15, 0.2) is 0 Å². The van der Waals surface area contributed by atoms with E-state index in [9.17, 15) is 18.0 Å². The zero-order valence-corrected chi connectivity index (χ0v) is 17.2. The molecule has 5 rings (SSSR count). The molecule has 3 heterocycles. The van der Waals surface area contributed by atoms with Crippen LogP contribution >= 0.6 is 0 Å². The summed E-state index contributed by atoms with van der Waals surface area (Å²) >= 11 is 0. The van der Waals surface area contributed by atoms with Crippen LogP contribution in [0.5, 0.6) is 11.5 Å². The van der Waals surface area contributed by atoms with Crippen LogP contribution < -0.4 is 9.47 Å². The highest BCUT2D eigenvalue weighted by Gasteiger charge is 2.46. The van der Waals surface area contributed by atoms with Gasteiger partial charge in [-0.2, -0.15) is 13.9 Å². The monoisotopic (exact) mass is 443 g/mol. The van der Waals surface area contributed by atoms with Crippen LogP contribution in [0.3, 0.4) is 0 Å². The van der Waals surface area contributed by atoms with Gasteiger partial charge in [-0.25, -0.2) is 4.39 Å². The van der Waals surface area contributed by atoms with E-state index in [0.29, 0.717) is 31.7 Å². The summed E-state index contributed by atoms with van der Waals surface area (Å²) in [7, 11) is 1.82. The average Bonchev–Trinajstić information content (AvgIpc) is 3.16. The van der Waals surface area contributed by atoms with Crippen molar-refractivity contribution in [1.29, 1.82) is 0 Å². The van der Waals surface area contributed by atoms with Crippen molar-refractivity contribution in [2.24, 2.45) is 7.05 Å². The number of amides is 1. The third kappa shape index (κ3) is 3.28. The maximum absolute atomic E-state index is 13.9. The third-order valence-electron chi connectivity index (χ3n) is 6.13. The normalized spacial score (nSPS) is 16.5. The summed E-state index contributed by atoms with van der Waals surface area (Å²) in [5, 5.41) is 4.38. The van der Waals surface area contributed by atoms with E-state index in [1.54, 1.807) is 27.9 Å². The van der Waals surface area contributed by atoms with Crippen molar-refractivity contribution < 1.29 is 27.4 Å². The lowest BCUT2D eigenvalue weighted by molar-refractivity contribution is -0.0504. The maximum Gasteiger partial charge on any atom is 0.387 e. The molecule has 0 N–H and O–H groups in total. The number of carbonyl (C=O) groups is 1. The van der Waals surface area contributed by atoms with Crippen molar-refractivity contribution >= 4 is 5.91 Å². The summed E-state index contributed by atoms with van der Waals surface area (Å²) in [5.74, 6) is -0.491. The number of para-hydroxylation sites is 1. The van der Waals surface area contributed by atoms with Gasteiger partial charge in [0.2, 0.25) is 0 Å². The van der Waals surface area contributed by atoms with Gasteiger partial charge in [-0.15, -0.1) is 0 Å². The first-order valence-corrected chi connectivity index (χ1v) is 10.2. The number of aryl methyl sites for hydroxylation is 1. The van der Waals surface area contributed by atoms with Crippen LogP contribution in [-0.4, -0.2) is 40.3 Å². The second-order valence-corrected chi connectivity index (χ2v) is 7.93. The Morgan fingerprint density at radius 3 is 2.69 bits per heavy atom. The van der Waals surface area contributed by atoms with Crippen molar-refractivity contribution in [3.05, 3.63) is 65.6 Å². The van der Waals surface area contributed by atoms with Crippen LogP contribution in [0, 0.1) is 5.82 Å².